The number of fused-ring (bicyclic) bond motifs is 1. The lowest BCUT2D eigenvalue weighted by Crippen LogP contribution is -2.58. The van der Waals surface area contributed by atoms with Gasteiger partial charge in [-0.05, 0) is 56.2 Å². The van der Waals surface area contributed by atoms with E-state index in [2.05, 4.69) is 67.7 Å². The van der Waals surface area contributed by atoms with Crippen molar-refractivity contribution >= 4 is 22.9 Å². The lowest BCUT2D eigenvalue weighted by Gasteiger charge is -2.47. The third-order valence-corrected chi connectivity index (χ3v) is 16.0. The zero-order valence-corrected chi connectivity index (χ0v) is 22.5. The summed E-state index contributed by atoms with van der Waals surface area (Å²) in [6.45, 7) is 26.1. The van der Waals surface area contributed by atoms with Crippen LogP contribution in [0, 0.1) is 0 Å². The molecule has 1 aliphatic carbocycles. The molecule has 4 atom stereocenters. The number of rotatable bonds is 5. The highest BCUT2D eigenvalue weighted by Crippen LogP contribution is 2.45. The van der Waals surface area contributed by atoms with Crippen LogP contribution in [0.2, 0.25) is 36.3 Å². The lowest BCUT2D eigenvalue weighted by atomic mass is 9.90. The van der Waals surface area contributed by atoms with Gasteiger partial charge in [0.05, 0.1) is 6.10 Å². The Bertz CT molecular complexity index is 655. The van der Waals surface area contributed by atoms with Gasteiger partial charge in [-0.1, -0.05) is 41.5 Å². The van der Waals surface area contributed by atoms with E-state index in [0.29, 0.717) is 5.57 Å². The van der Waals surface area contributed by atoms with Crippen molar-refractivity contribution in [2.24, 2.45) is 0 Å². The molecule has 0 aromatic rings. The molecule has 168 valence electrons. The Morgan fingerprint density at radius 1 is 0.931 bits per heavy atom. The summed E-state index contributed by atoms with van der Waals surface area (Å²) in [6.07, 6.45) is 1.39. The first-order valence-corrected chi connectivity index (χ1v) is 16.5. The van der Waals surface area contributed by atoms with Gasteiger partial charge in [0.2, 0.25) is 0 Å². The van der Waals surface area contributed by atoms with Crippen LogP contribution in [0.5, 0.6) is 0 Å². The number of carbonyl (C=O) groups excluding carboxylic acids is 1. The van der Waals surface area contributed by atoms with Gasteiger partial charge in [-0.3, -0.25) is 4.79 Å². The minimum atomic E-state index is -2.11. The maximum absolute atomic E-state index is 11.9. The zero-order chi connectivity index (χ0) is 22.6. The van der Waals surface area contributed by atoms with Crippen LogP contribution < -0.4 is 0 Å². The maximum Gasteiger partial charge on any atom is 0.193 e. The van der Waals surface area contributed by atoms with Gasteiger partial charge in [0.1, 0.15) is 24.6 Å². The molecule has 0 saturated carbocycles. The predicted molar refractivity (Wildman–Crippen MR) is 122 cm³/mol. The van der Waals surface area contributed by atoms with Crippen LogP contribution in [0.25, 0.3) is 0 Å². The molecule has 7 heteroatoms. The van der Waals surface area contributed by atoms with Crippen molar-refractivity contribution in [3.8, 4) is 0 Å². The summed E-state index contributed by atoms with van der Waals surface area (Å²) in [4.78, 5) is 11.9. The first kappa shape index (κ1) is 24.9. The van der Waals surface area contributed by atoms with Crippen molar-refractivity contribution in [1.29, 1.82) is 0 Å². The fourth-order valence-electron chi connectivity index (χ4n) is 3.23. The second kappa shape index (κ2) is 7.67. The van der Waals surface area contributed by atoms with Gasteiger partial charge in [0, 0.05) is 5.57 Å². The molecule has 5 nitrogen and oxygen atoms in total. The molecule has 1 heterocycles. The molecule has 0 N–H and O–H groups in total. The number of carbonyl (C=O) groups is 1. The molecule has 1 saturated heterocycles. The minimum absolute atomic E-state index is 0.0485. The Morgan fingerprint density at radius 3 is 1.86 bits per heavy atom. The van der Waals surface area contributed by atoms with Gasteiger partial charge in [0.25, 0.3) is 0 Å². The van der Waals surface area contributed by atoms with E-state index in [1.165, 1.54) is 0 Å². The van der Waals surface area contributed by atoms with Crippen LogP contribution in [0.3, 0.4) is 0 Å². The normalized spacial score (nSPS) is 30.7. The van der Waals surface area contributed by atoms with Gasteiger partial charge >= 0.3 is 0 Å². The van der Waals surface area contributed by atoms with E-state index in [0.717, 1.165) is 6.29 Å². The Morgan fingerprint density at radius 2 is 1.41 bits per heavy atom. The third-order valence-electron chi connectivity index (χ3n) is 7.07. The fraction of sp³-hybridized carbons (Fsp3) is 0.864. The Balaban J connectivity index is 2.50. The molecular weight excluding hydrogens is 400 g/mol. The average molecular weight is 443 g/mol. The van der Waals surface area contributed by atoms with Crippen LogP contribution in [0.1, 0.15) is 55.4 Å². The topological polar surface area (TPSA) is 54.0 Å². The van der Waals surface area contributed by atoms with E-state index in [9.17, 15) is 4.79 Å². The molecule has 0 spiro atoms. The monoisotopic (exact) mass is 442 g/mol. The van der Waals surface area contributed by atoms with Crippen molar-refractivity contribution in [2.75, 3.05) is 0 Å². The molecule has 2 rings (SSSR count). The van der Waals surface area contributed by atoms with Crippen molar-refractivity contribution in [1.82, 2.24) is 0 Å². The second-order valence-corrected chi connectivity index (χ2v) is 21.5. The van der Waals surface area contributed by atoms with Gasteiger partial charge in [-0.15, -0.1) is 0 Å². The Kier molecular flexibility index (Phi) is 6.60. The SMILES string of the molecule is CC1(C)O[C@@H]2C(C=O)=CC(O[Si](C)(C)C(C)(C)C)C(O[Si](C)(C)C(C)(C)C)[C@@H]2O1. The number of hydrogen-bond acceptors (Lipinski definition) is 5. The zero-order valence-electron chi connectivity index (χ0n) is 20.5. The highest BCUT2D eigenvalue weighted by atomic mass is 28.4. The van der Waals surface area contributed by atoms with E-state index < -0.39 is 28.5 Å². The summed E-state index contributed by atoms with van der Waals surface area (Å²) < 4.78 is 26.1. The third kappa shape index (κ3) is 5.13. The Labute approximate surface area is 179 Å². The molecule has 2 unspecified atom stereocenters. The van der Waals surface area contributed by atoms with E-state index >= 15 is 0 Å². The molecule has 2 aliphatic rings. The largest absolute Gasteiger partial charge is 0.408 e. The van der Waals surface area contributed by atoms with Crippen molar-refractivity contribution in [3.05, 3.63) is 11.6 Å². The highest BCUT2D eigenvalue weighted by molar-refractivity contribution is 6.74. The Hall–Kier alpha value is -0.316. The summed E-state index contributed by atoms with van der Waals surface area (Å²) >= 11 is 0. The van der Waals surface area contributed by atoms with E-state index in [1.54, 1.807) is 0 Å². The van der Waals surface area contributed by atoms with Gasteiger partial charge in [0.15, 0.2) is 22.4 Å². The number of hydrogen-bond donors (Lipinski definition) is 0. The van der Waals surface area contributed by atoms with E-state index in [-0.39, 0.29) is 28.4 Å². The molecular formula is C22H42O5Si2. The predicted octanol–water partition coefficient (Wildman–Crippen LogP) is 5.43. The molecule has 1 fully saturated rings. The van der Waals surface area contributed by atoms with Crippen LogP contribution >= 0.6 is 0 Å². The van der Waals surface area contributed by atoms with Gasteiger partial charge in [-0.25, -0.2) is 0 Å². The number of aldehydes is 1. The molecule has 0 radical (unpaired) electrons. The lowest BCUT2D eigenvalue weighted by molar-refractivity contribution is -0.156. The molecule has 1 aliphatic heterocycles. The molecule has 0 aromatic carbocycles. The van der Waals surface area contributed by atoms with E-state index in [4.69, 9.17) is 18.3 Å². The first-order chi connectivity index (χ1) is 12.8. The summed E-state index contributed by atoms with van der Waals surface area (Å²) in [7, 11) is -4.21. The van der Waals surface area contributed by atoms with Crippen LogP contribution in [0.4, 0.5) is 0 Å². The van der Waals surface area contributed by atoms with Crippen molar-refractivity contribution in [2.45, 2.75) is 122 Å². The maximum atomic E-state index is 11.9. The number of ether oxygens (including phenoxy) is 2. The quantitative estimate of drug-likeness (QED) is 0.420. The van der Waals surface area contributed by atoms with Gasteiger partial charge in [-0.2, -0.15) is 0 Å². The van der Waals surface area contributed by atoms with Crippen molar-refractivity contribution in [3.63, 3.8) is 0 Å². The second-order valence-electron chi connectivity index (χ2n) is 12.0. The molecule has 0 bridgehead atoms. The summed E-state index contributed by atoms with van der Waals surface area (Å²) in [5, 5.41) is 0.0977. The highest BCUT2D eigenvalue weighted by Gasteiger charge is 2.55. The first-order valence-electron chi connectivity index (χ1n) is 10.7. The molecule has 0 amide bonds. The molecule has 0 aromatic heterocycles. The summed E-state index contributed by atoms with van der Waals surface area (Å²) in [6, 6.07) is 0. The van der Waals surface area contributed by atoms with Crippen LogP contribution in [0.15, 0.2) is 11.6 Å². The fourth-order valence-corrected chi connectivity index (χ4v) is 5.77. The standard InChI is InChI=1S/C22H42O5Si2/c1-20(2,3)28(9,10)26-16-13-15(14-23)17-19(25-22(7,8)24-17)18(16)27-29(11,12)21(4,5)6/h13-14,16-19H,1-12H3/t16?,17-,18?,19-/m1/s1. The van der Waals surface area contributed by atoms with E-state index in [1.807, 2.05) is 19.9 Å². The van der Waals surface area contributed by atoms with Crippen molar-refractivity contribution < 1.29 is 23.1 Å². The minimum Gasteiger partial charge on any atom is -0.408 e. The van der Waals surface area contributed by atoms with Gasteiger partial charge < -0.3 is 18.3 Å². The summed E-state index contributed by atoms with van der Waals surface area (Å²) in [5.74, 6) is -0.766. The summed E-state index contributed by atoms with van der Waals surface area (Å²) in [5.41, 5.74) is 0.597. The van der Waals surface area contributed by atoms with Crippen LogP contribution in [-0.2, 0) is 23.1 Å². The smallest absolute Gasteiger partial charge is 0.193 e. The molecule has 29 heavy (non-hydrogen) atoms. The average Bonchev–Trinajstić information content (AvgIpc) is 2.82. The van der Waals surface area contributed by atoms with Crippen LogP contribution in [-0.4, -0.2) is 53.1 Å².